The molecule has 0 aliphatic heterocycles. The fraction of sp³-hybridized carbons (Fsp3) is 0.217. The fourth-order valence-corrected chi connectivity index (χ4v) is 3.71. The highest BCUT2D eigenvalue weighted by molar-refractivity contribution is 7.92. The summed E-state index contributed by atoms with van der Waals surface area (Å²) in [5.74, 6) is 6.23. The first-order valence-electron chi connectivity index (χ1n) is 9.04. The number of nitrogens with zero attached hydrogens (tertiary/aromatic N) is 2. The maximum atomic E-state index is 12.3. The molecule has 3 rings (SSSR count). The van der Waals surface area contributed by atoms with Crippen molar-refractivity contribution in [2.75, 3.05) is 0 Å². The van der Waals surface area contributed by atoms with E-state index in [0.717, 1.165) is 22.4 Å². The smallest absolute Gasteiger partial charge is 0.180 e. The number of rotatable bonds is 3. The van der Waals surface area contributed by atoms with Crippen molar-refractivity contribution in [3.63, 3.8) is 0 Å². The largest absolute Gasteiger partial charge is 0.256 e. The van der Waals surface area contributed by atoms with Gasteiger partial charge in [-0.05, 0) is 63.4 Å². The van der Waals surface area contributed by atoms with E-state index in [-0.39, 0.29) is 1.43 Å². The van der Waals surface area contributed by atoms with E-state index in [1.54, 1.807) is 44.3 Å². The van der Waals surface area contributed by atoms with Crippen LogP contribution in [0.1, 0.15) is 37.8 Å². The highest BCUT2D eigenvalue weighted by Gasteiger charge is 2.19. The number of aromatic nitrogens is 2. The lowest BCUT2D eigenvalue weighted by atomic mass is 10.1. The zero-order valence-corrected chi connectivity index (χ0v) is 17.2. The van der Waals surface area contributed by atoms with Crippen molar-refractivity contribution in [2.45, 2.75) is 37.8 Å². The maximum absolute atomic E-state index is 12.3. The van der Waals surface area contributed by atoms with Crippen LogP contribution in [0.4, 0.5) is 0 Å². The standard InChI is InChI=1S/C23H22N2O2S.H2/c1-16(2)28(26,27)21-11-9-20(10-12-21)23-15-24-18(4)22(25-23)13-8-19-7-5-6-17(3)14-19;/h5-7,9-12,14-16H,1-4H3;1H. The monoisotopic (exact) mass is 392 g/mol. The Morgan fingerprint density at radius 3 is 2.36 bits per heavy atom. The minimum atomic E-state index is -3.29. The summed E-state index contributed by atoms with van der Waals surface area (Å²) in [6.07, 6.45) is 1.68. The Morgan fingerprint density at radius 1 is 1.00 bits per heavy atom. The van der Waals surface area contributed by atoms with E-state index >= 15 is 0 Å². The Labute approximate surface area is 168 Å². The maximum Gasteiger partial charge on any atom is 0.180 e. The fourth-order valence-electron chi connectivity index (χ4n) is 2.65. The Kier molecular flexibility index (Phi) is 5.62. The molecule has 0 N–H and O–H groups in total. The Morgan fingerprint density at radius 2 is 1.71 bits per heavy atom. The predicted octanol–water partition coefficient (Wildman–Crippen LogP) is 4.59. The minimum Gasteiger partial charge on any atom is -0.256 e. The van der Waals surface area contributed by atoms with Crippen LogP contribution >= 0.6 is 0 Å². The molecule has 0 aliphatic carbocycles. The molecule has 4 nitrogen and oxygen atoms in total. The van der Waals surface area contributed by atoms with E-state index in [1.165, 1.54) is 0 Å². The van der Waals surface area contributed by atoms with Gasteiger partial charge in [0.15, 0.2) is 9.84 Å². The van der Waals surface area contributed by atoms with Crippen LogP contribution in [0.2, 0.25) is 0 Å². The van der Waals surface area contributed by atoms with Crippen molar-refractivity contribution >= 4 is 9.84 Å². The molecule has 2 aromatic carbocycles. The molecule has 0 fully saturated rings. The van der Waals surface area contributed by atoms with Crippen LogP contribution in [0, 0.1) is 25.7 Å². The number of benzene rings is 2. The number of sulfone groups is 1. The van der Waals surface area contributed by atoms with Gasteiger partial charge in [-0.25, -0.2) is 13.4 Å². The summed E-state index contributed by atoms with van der Waals surface area (Å²) < 4.78 is 24.6. The van der Waals surface area contributed by atoms with E-state index in [1.807, 2.05) is 38.1 Å². The molecule has 0 radical (unpaired) electrons. The summed E-state index contributed by atoms with van der Waals surface area (Å²) in [6.45, 7) is 7.25. The van der Waals surface area contributed by atoms with Gasteiger partial charge < -0.3 is 0 Å². The molecule has 0 spiro atoms. The lowest BCUT2D eigenvalue weighted by molar-refractivity contribution is 0.587. The van der Waals surface area contributed by atoms with Crippen molar-refractivity contribution in [3.05, 3.63) is 77.2 Å². The third-order valence-corrected chi connectivity index (χ3v) is 6.57. The normalized spacial score (nSPS) is 11.2. The summed E-state index contributed by atoms with van der Waals surface area (Å²) in [5, 5.41) is -0.457. The van der Waals surface area contributed by atoms with Crippen LogP contribution < -0.4 is 0 Å². The van der Waals surface area contributed by atoms with Crippen molar-refractivity contribution in [1.82, 2.24) is 9.97 Å². The van der Waals surface area contributed by atoms with E-state index in [9.17, 15) is 8.42 Å². The summed E-state index contributed by atoms with van der Waals surface area (Å²) in [4.78, 5) is 9.33. The molecular formula is C23H24N2O2S. The second-order valence-corrected chi connectivity index (χ2v) is 9.43. The van der Waals surface area contributed by atoms with Crippen molar-refractivity contribution in [2.24, 2.45) is 0 Å². The molecule has 1 aromatic heterocycles. The molecule has 0 saturated carbocycles. The molecule has 5 heteroatoms. The average Bonchev–Trinajstić information content (AvgIpc) is 2.67. The quantitative estimate of drug-likeness (QED) is 0.612. The number of aryl methyl sites for hydroxylation is 2. The first-order valence-corrected chi connectivity index (χ1v) is 10.6. The Balaban J connectivity index is 0.00000300. The van der Waals surface area contributed by atoms with Gasteiger partial charge in [0.1, 0.15) is 5.69 Å². The van der Waals surface area contributed by atoms with E-state index in [4.69, 9.17) is 0 Å². The first kappa shape index (κ1) is 19.8. The SMILES string of the molecule is Cc1cccc(C#Cc2nc(-c3ccc(S(=O)(=O)C(C)C)cc3)cnc2C)c1.[HH]. The molecule has 3 aromatic rings. The number of hydrogen-bond donors (Lipinski definition) is 0. The molecule has 0 amide bonds. The molecule has 0 aliphatic rings. The van der Waals surface area contributed by atoms with Gasteiger partial charge >= 0.3 is 0 Å². The lowest BCUT2D eigenvalue weighted by Crippen LogP contribution is -2.13. The van der Waals surface area contributed by atoms with Crippen LogP contribution in [0.3, 0.4) is 0 Å². The van der Waals surface area contributed by atoms with Gasteiger partial charge in [0.2, 0.25) is 0 Å². The molecular weight excluding hydrogens is 368 g/mol. The van der Waals surface area contributed by atoms with Crippen molar-refractivity contribution in [1.29, 1.82) is 0 Å². The van der Waals surface area contributed by atoms with Crippen LogP contribution in [0.5, 0.6) is 0 Å². The molecule has 28 heavy (non-hydrogen) atoms. The van der Waals surface area contributed by atoms with Gasteiger partial charge in [0, 0.05) is 12.6 Å². The molecule has 0 saturated heterocycles. The van der Waals surface area contributed by atoms with Crippen LogP contribution in [-0.4, -0.2) is 23.6 Å². The Bertz CT molecular complexity index is 1180. The van der Waals surface area contributed by atoms with Gasteiger partial charge in [0.25, 0.3) is 0 Å². The minimum absolute atomic E-state index is 0. The summed E-state index contributed by atoms with van der Waals surface area (Å²) in [6, 6.07) is 14.7. The Hall–Kier alpha value is -2.97. The molecule has 0 bridgehead atoms. The third kappa shape index (κ3) is 4.29. The highest BCUT2D eigenvalue weighted by Crippen LogP contribution is 2.22. The van der Waals surface area contributed by atoms with E-state index < -0.39 is 15.1 Å². The molecule has 1 heterocycles. The van der Waals surface area contributed by atoms with E-state index in [0.29, 0.717) is 16.3 Å². The molecule has 0 atom stereocenters. The van der Waals surface area contributed by atoms with Crippen LogP contribution in [0.15, 0.2) is 59.6 Å². The zero-order valence-electron chi connectivity index (χ0n) is 16.4. The number of hydrogen-bond acceptors (Lipinski definition) is 4. The molecule has 144 valence electrons. The topological polar surface area (TPSA) is 59.9 Å². The van der Waals surface area contributed by atoms with Crippen LogP contribution in [-0.2, 0) is 9.84 Å². The van der Waals surface area contributed by atoms with Gasteiger partial charge in [0.05, 0.1) is 27.7 Å². The third-order valence-electron chi connectivity index (χ3n) is 4.40. The van der Waals surface area contributed by atoms with E-state index in [2.05, 4.69) is 21.8 Å². The molecule has 0 unspecified atom stereocenters. The summed E-state index contributed by atoms with van der Waals surface area (Å²) in [5.41, 5.74) is 4.90. The van der Waals surface area contributed by atoms with Crippen molar-refractivity contribution in [3.8, 4) is 23.1 Å². The second kappa shape index (κ2) is 7.95. The van der Waals surface area contributed by atoms with Gasteiger partial charge in [-0.1, -0.05) is 30.2 Å². The van der Waals surface area contributed by atoms with Crippen molar-refractivity contribution < 1.29 is 9.84 Å². The first-order chi connectivity index (χ1) is 13.3. The zero-order chi connectivity index (χ0) is 20.3. The lowest BCUT2D eigenvalue weighted by Gasteiger charge is -2.09. The van der Waals surface area contributed by atoms with Gasteiger partial charge in [-0.15, -0.1) is 0 Å². The second-order valence-electron chi connectivity index (χ2n) is 6.93. The predicted molar refractivity (Wildman–Crippen MR) is 114 cm³/mol. The van der Waals surface area contributed by atoms with Crippen LogP contribution in [0.25, 0.3) is 11.3 Å². The summed E-state index contributed by atoms with van der Waals surface area (Å²) >= 11 is 0. The van der Waals surface area contributed by atoms with Gasteiger partial charge in [-0.2, -0.15) is 0 Å². The highest BCUT2D eigenvalue weighted by atomic mass is 32.2. The van der Waals surface area contributed by atoms with Gasteiger partial charge in [-0.3, -0.25) is 4.98 Å². The summed E-state index contributed by atoms with van der Waals surface area (Å²) in [7, 11) is -3.29. The average molecular weight is 393 g/mol.